The zero-order chi connectivity index (χ0) is 19.9. The van der Waals surface area contributed by atoms with Crippen LogP contribution in [0.25, 0.3) is 0 Å². The summed E-state index contributed by atoms with van der Waals surface area (Å²) in [5.74, 6) is 1.45. The molecule has 28 heavy (non-hydrogen) atoms. The van der Waals surface area contributed by atoms with E-state index in [0.717, 1.165) is 24.2 Å². The summed E-state index contributed by atoms with van der Waals surface area (Å²) in [6.45, 7) is 2.06. The molecule has 0 N–H and O–H groups in total. The second-order valence-corrected chi connectivity index (χ2v) is 7.35. The van der Waals surface area contributed by atoms with Crippen molar-refractivity contribution in [2.75, 3.05) is 0 Å². The summed E-state index contributed by atoms with van der Waals surface area (Å²) < 4.78 is 1.70. The molecule has 0 amide bonds. The maximum absolute atomic E-state index is 10.9. The number of aryl methyl sites for hydroxylation is 1. The molecule has 2 aromatic carbocycles. The topological polar surface area (TPSA) is 86.2 Å². The van der Waals surface area contributed by atoms with Gasteiger partial charge in [-0.1, -0.05) is 54.6 Å². The summed E-state index contributed by atoms with van der Waals surface area (Å²) >= 11 is 7.45. The predicted octanol–water partition coefficient (Wildman–Crippen LogP) is 4.97. The maximum Gasteiger partial charge on any atom is 0.270 e. The molecule has 3 rings (SSSR count). The van der Waals surface area contributed by atoms with Crippen LogP contribution in [0.3, 0.4) is 0 Å². The van der Waals surface area contributed by atoms with E-state index < -0.39 is 4.92 Å². The zero-order valence-corrected chi connectivity index (χ0v) is 16.7. The molecule has 0 radical (unpaired) electrons. The minimum absolute atomic E-state index is 0.0267. The Bertz CT molecular complexity index is 988. The molecule has 1 heterocycles. The number of thioether (sulfide) groups is 1. The van der Waals surface area contributed by atoms with E-state index >= 15 is 0 Å². The average molecular weight is 416 g/mol. The number of benzene rings is 2. The number of hydrogen-bond donors (Lipinski definition) is 0. The van der Waals surface area contributed by atoms with Crippen molar-refractivity contribution in [1.29, 1.82) is 0 Å². The normalized spacial score (nSPS) is 11.2. The van der Waals surface area contributed by atoms with Crippen molar-refractivity contribution in [3.8, 4) is 0 Å². The van der Waals surface area contributed by atoms with Gasteiger partial charge in [-0.15, -0.1) is 10.2 Å². The van der Waals surface area contributed by atoms with Gasteiger partial charge < -0.3 is 0 Å². The van der Waals surface area contributed by atoms with E-state index in [-0.39, 0.29) is 5.69 Å². The molecule has 0 aliphatic rings. The van der Waals surface area contributed by atoms with Crippen molar-refractivity contribution in [2.24, 2.45) is 5.10 Å². The van der Waals surface area contributed by atoms with E-state index in [4.69, 9.17) is 11.6 Å². The van der Waals surface area contributed by atoms with Crippen LogP contribution in [0.5, 0.6) is 0 Å². The Labute approximate surface area is 171 Å². The molecule has 3 aromatic rings. The fourth-order valence-electron chi connectivity index (χ4n) is 2.45. The standard InChI is InChI=1S/C19H18ClN5O2S/c1-2-4-18-22-23-19(28-13-14-7-9-16(20)10-8-14)24(18)21-12-15-5-3-6-17(11-15)25(26)27/h3,5-12H,2,4,13H2,1H3/b21-12-. The van der Waals surface area contributed by atoms with E-state index in [9.17, 15) is 10.1 Å². The Kier molecular flexibility index (Phi) is 6.78. The third-order valence-electron chi connectivity index (χ3n) is 3.83. The van der Waals surface area contributed by atoms with Crippen LogP contribution in [0.2, 0.25) is 5.02 Å². The van der Waals surface area contributed by atoms with Gasteiger partial charge in [0.05, 0.1) is 11.1 Å². The lowest BCUT2D eigenvalue weighted by molar-refractivity contribution is -0.384. The van der Waals surface area contributed by atoms with Gasteiger partial charge in [0.25, 0.3) is 5.69 Å². The Balaban J connectivity index is 1.82. The number of aromatic nitrogens is 3. The first-order chi connectivity index (χ1) is 13.6. The largest absolute Gasteiger partial charge is 0.270 e. The van der Waals surface area contributed by atoms with Crippen LogP contribution in [0.15, 0.2) is 58.8 Å². The third kappa shape index (κ3) is 5.17. The quantitative estimate of drug-likeness (QED) is 0.224. The summed E-state index contributed by atoms with van der Waals surface area (Å²) in [6.07, 6.45) is 3.23. The maximum atomic E-state index is 10.9. The predicted molar refractivity (Wildman–Crippen MR) is 111 cm³/mol. The van der Waals surface area contributed by atoms with Gasteiger partial charge in [0.1, 0.15) is 0 Å². The first-order valence-corrected chi connectivity index (χ1v) is 10.0. The lowest BCUT2D eigenvalue weighted by Crippen LogP contribution is -2.00. The summed E-state index contributed by atoms with van der Waals surface area (Å²) in [7, 11) is 0. The van der Waals surface area contributed by atoms with Crippen LogP contribution in [0.4, 0.5) is 5.69 Å². The minimum atomic E-state index is -0.425. The van der Waals surface area contributed by atoms with Crippen LogP contribution in [0.1, 0.15) is 30.3 Å². The molecule has 0 unspecified atom stereocenters. The molecule has 0 aliphatic carbocycles. The number of hydrogen-bond acceptors (Lipinski definition) is 6. The Morgan fingerprint density at radius 2 is 2.04 bits per heavy atom. The van der Waals surface area contributed by atoms with E-state index in [1.807, 2.05) is 24.3 Å². The van der Waals surface area contributed by atoms with Crippen molar-refractivity contribution in [3.63, 3.8) is 0 Å². The average Bonchev–Trinajstić information content (AvgIpc) is 3.08. The molecule has 0 fully saturated rings. The Hall–Kier alpha value is -2.71. The summed E-state index contributed by atoms with van der Waals surface area (Å²) in [5, 5.41) is 25.3. The molecule has 0 aliphatic heterocycles. The molecule has 9 heteroatoms. The first-order valence-electron chi connectivity index (χ1n) is 8.67. The number of nitro groups is 1. The molecule has 0 saturated heterocycles. The van der Waals surface area contributed by atoms with Crippen LogP contribution in [-0.2, 0) is 12.2 Å². The smallest absolute Gasteiger partial charge is 0.258 e. The van der Waals surface area contributed by atoms with E-state index in [1.54, 1.807) is 23.0 Å². The van der Waals surface area contributed by atoms with Gasteiger partial charge in [-0.05, 0) is 24.1 Å². The van der Waals surface area contributed by atoms with Crippen molar-refractivity contribution in [1.82, 2.24) is 14.9 Å². The second kappa shape index (κ2) is 9.48. The highest BCUT2D eigenvalue weighted by atomic mass is 35.5. The molecule has 0 atom stereocenters. The fourth-order valence-corrected chi connectivity index (χ4v) is 3.44. The van der Waals surface area contributed by atoms with Crippen LogP contribution < -0.4 is 0 Å². The number of nitrogens with zero attached hydrogens (tertiary/aromatic N) is 5. The molecule has 0 spiro atoms. The lowest BCUT2D eigenvalue weighted by atomic mass is 10.2. The van der Waals surface area contributed by atoms with Gasteiger partial charge >= 0.3 is 0 Å². The van der Waals surface area contributed by atoms with Gasteiger partial charge in [0.15, 0.2) is 5.82 Å². The van der Waals surface area contributed by atoms with Crippen molar-refractivity contribution in [3.05, 3.63) is 80.6 Å². The Morgan fingerprint density at radius 3 is 2.75 bits per heavy atom. The summed E-state index contributed by atoms with van der Waals surface area (Å²) in [5.41, 5.74) is 1.78. The van der Waals surface area contributed by atoms with Crippen molar-refractivity contribution in [2.45, 2.75) is 30.7 Å². The molecular formula is C19H18ClN5O2S. The molecule has 1 aromatic heterocycles. The first kappa shape index (κ1) is 20.0. The number of rotatable bonds is 8. The highest BCUT2D eigenvalue weighted by Crippen LogP contribution is 2.23. The molecule has 0 bridgehead atoms. The van der Waals surface area contributed by atoms with Crippen LogP contribution >= 0.6 is 23.4 Å². The second-order valence-electron chi connectivity index (χ2n) is 5.97. The molecular weight excluding hydrogens is 398 g/mol. The van der Waals surface area contributed by atoms with E-state index in [1.165, 1.54) is 23.9 Å². The SMILES string of the molecule is CCCc1nnc(SCc2ccc(Cl)cc2)n1/N=C\c1cccc([N+](=O)[O-])c1. The highest BCUT2D eigenvalue weighted by Gasteiger charge is 2.12. The van der Waals surface area contributed by atoms with Gasteiger partial charge in [-0.3, -0.25) is 10.1 Å². The Morgan fingerprint density at radius 1 is 1.25 bits per heavy atom. The van der Waals surface area contributed by atoms with Gasteiger partial charge in [0, 0.05) is 34.9 Å². The fraction of sp³-hybridized carbons (Fsp3) is 0.211. The molecule has 7 nitrogen and oxygen atoms in total. The van der Waals surface area contributed by atoms with E-state index in [2.05, 4.69) is 22.2 Å². The monoisotopic (exact) mass is 415 g/mol. The molecule has 0 saturated carbocycles. The van der Waals surface area contributed by atoms with Crippen molar-refractivity contribution < 1.29 is 4.92 Å². The molecule has 144 valence electrons. The minimum Gasteiger partial charge on any atom is -0.258 e. The number of non-ortho nitro benzene ring substituents is 1. The van der Waals surface area contributed by atoms with Gasteiger partial charge in [-0.2, -0.15) is 9.78 Å². The summed E-state index contributed by atoms with van der Waals surface area (Å²) in [4.78, 5) is 10.5. The lowest BCUT2D eigenvalue weighted by Gasteiger charge is -2.04. The van der Waals surface area contributed by atoms with E-state index in [0.29, 0.717) is 21.5 Å². The van der Waals surface area contributed by atoms with Crippen molar-refractivity contribution >= 4 is 35.3 Å². The zero-order valence-electron chi connectivity index (χ0n) is 15.2. The highest BCUT2D eigenvalue weighted by molar-refractivity contribution is 7.98. The van der Waals surface area contributed by atoms with Crippen LogP contribution in [0, 0.1) is 10.1 Å². The number of halogens is 1. The van der Waals surface area contributed by atoms with Crippen LogP contribution in [-0.4, -0.2) is 26.0 Å². The third-order valence-corrected chi connectivity index (χ3v) is 5.08. The number of nitro benzene ring substituents is 1. The van der Waals surface area contributed by atoms with Gasteiger partial charge in [0.2, 0.25) is 5.16 Å². The van der Waals surface area contributed by atoms with Gasteiger partial charge in [-0.25, -0.2) is 0 Å². The summed E-state index contributed by atoms with van der Waals surface area (Å²) in [6, 6.07) is 14.0.